The number of thiazole rings is 1. The normalized spacial score (nSPS) is 10.7. The smallest absolute Gasteiger partial charge is 0.268 e. The highest BCUT2D eigenvalue weighted by Crippen LogP contribution is 2.30. The summed E-state index contributed by atoms with van der Waals surface area (Å²) in [5.41, 5.74) is 6.58. The number of hydrogen-bond donors (Lipinski definition) is 1. The summed E-state index contributed by atoms with van der Waals surface area (Å²) in [6.07, 6.45) is 0. The maximum Gasteiger partial charge on any atom is 0.268 e. The molecular weight excluding hydrogens is 244 g/mol. The minimum absolute atomic E-state index is 0.322. The molecule has 1 amide bonds. The van der Waals surface area contributed by atoms with E-state index in [1.807, 2.05) is 24.3 Å². The SMILES string of the molecule is NC(=O)c1csc(-c2cccc3ccccc23)n1. The van der Waals surface area contributed by atoms with Gasteiger partial charge in [0, 0.05) is 10.9 Å². The molecule has 0 bridgehead atoms. The molecule has 3 aromatic rings. The number of nitrogens with two attached hydrogens (primary N) is 1. The second-order valence-electron chi connectivity index (χ2n) is 3.93. The Morgan fingerprint density at radius 3 is 2.67 bits per heavy atom. The Kier molecular flexibility index (Phi) is 2.57. The van der Waals surface area contributed by atoms with Gasteiger partial charge in [0.1, 0.15) is 10.7 Å². The zero-order chi connectivity index (χ0) is 12.5. The lowest BCUT2D eigenvalue weighted by Crippen LogP contribution is -2.10. The van der Waals surface area contributed by atoms with Gasteiger partial charge in [-0.2, -0.15) is 0 Å². The Hall–Kier alpha value is -2.20. The quantitative estimate of drug-likeness (QED) is 0.764. The maximum absolute atomic E-state index is 11.1. The molecule has 2 N–H and O–H groups in total. The second-order valence-corrected chi connectivity index (χ2v) is 4.79. The van der Waals surface area contributed by atoms with Crippen molar-refractivity contribution in [1.82, 2.24) is 4.98 Å². The third-order valence-corrected chi connectivity index (χ3v) is 3.65. The van der Waals surface area contributed by atoms with Gasteiger partial charge in [0.05, 0.1) is 0 Å². The van der Waals surface area contributed by atoms with E-state index in [9.17, 15) is 4.79 Å². The molecule has 0 fully saturated rings. The first-order valence-corrected chi connectivity index (χ1v) is 6.37. The van der Waals surface area contributed by atoms with Gasteiger partial charge in [0.2, 0.25) is 0 Å². The monoisotopic (exact) mass is 254 g/mol. The number of carbonyl (C=O) groups is 1. The Morgan fingerprint density at radius 1 is 1.11 bits per heavy atom. The molecule has 0 spiro atoms. The molecule has 1 aromatic heterocycles. The summed E-state index contributed by atoms with van der Waals surface area (Å²) in [4.78, 5) is 15.3. The van der Waals surface area contributed by atoms with Gasteiger partial charge in [-0.3, -0.25) is 4.79 Å². The Balaban J connectivity index is 2.21. The van der Waals surface area contributed by atoms with Crippen LogP contribution >= 0.6 is 11.3 Å². The Bertz CT molecular complexity index is 728. The molecule has 4 heteroatoms. The first kappa shape index (κ1) is 10.9. The maximum atomic E-state index is 11.1. The fourth-order valence-corrected chi connectivity index (χ4v) is 2.77. The van der Waals surface area contributed by atoms with E-state index in [0.29, 0.717) is 5.69 Å². The molecule has 0 unspecified atom stereocenters. The average Bonchev–Trinajstić information content (AvgIpc) is 2.87. The summed E-state index contributed by atoms with van der Waals surface area (Å²) in [7, 11) is 0. The average molecular weight is 254 g/mol. The van der Waals surface area contributed by atoms with Gasteiger partial charge in [0.15, 0.2) is 0 Å². The van der Waals surface area contributed by atoms with Gasteiger partial charge >= 0.3 is 0 Å². The lowest BCUT2D eigenvalue weighted by molar-refractivity contribution is 0.0996. The lowest BCUT2D eigenvalue weighted by Gasteiger charge is -2.02. The van der Waals surface area contributed by atoms with Gasteiger partial charge in [-0.25, -0.2) is 4.98 Å². The molecule has 18 heavy (non-hydrogen) atoms. The van der Waals surface area contributed by atoms with Crippen molar-refractivity contribution < 1.29 is 4.79 Å². The minimum Gasteiger partial charge on any atom is -0.364 e. The Morgan fingerprint density at radius 2 is 1.89 bits per heavy atom. The number of rotatable bonds is 2. The van der Waals surface area contributed by atoms with E-state index in [2.05, 4.69) is 23.2 Å². The highest BCUT2D eigenvalue weighted by molar-refractivity contribution is 7.13. The number of amides is 1. The van der Waals surface area contributed by atoms with E-state index in [4.69, 9.17) is 5.73 Å². The van der Waals surface area contributed by atoms with E-state index in [1.54, 1.807) is 5.38 Å². The van der Waals surface area contributed by atoms with Crippen molar-refractivity contribution in [3.8, 4) is 10.6 Å². The second kappa shape index (κ2) is 4.23. The van der Waals surface area contributed by atoms with E-state index in [0.717, 1.165) is 21.3 Å². The van der Waals surface area contributed by atoms with Crippen molar-refractivity contribution in [2.75, 3.05) is 0 Å². The third-order valence-electron chi connectivity index (χ3n) is 2.78. The predicted molar refractivity (Wildman–Crippen MR) is 73.6 cm³/mol. The van der Waals surface area contributed by atoms with Crippen LogP contribution < -0.4 is 5.73 Å². The van der Waals surface area contributed by atoms with Crippen molar-refractivity contribution in [2.45, 2.75) is 0 Å². The van der Waals surface area contributed by atoms with E-state index in [-0.39, 0.29) is 0 Å². The zero-order valence-electron chi connectivity index (χ0n) is 9.46. The van der Waals surface area contributed by atoms with Gasteiger partial charge < -0.3 is 5.73 Å². The van der Waals surface area contributed by atoms with E-state index in [1.165, 1.54) is 11.3 Å². The number of carbonyl (C=O) groups excluding carboxylic acids is 1. The topological polar surface area (TPSA) is 56.0 Å². The van der Waals surface area contributed by atoms with Crippen LogP contribution in [-0.4, -0.2) is 10.9 Å². The van der Waals surface area contributed by atoms with Gasteiger partial charge in [0.25, 0.3) is 5.91 Å². The molecule has 2 aromatic carbocycles. The van der Waals surface area contributed by atoms with Crippen LogP contribution in [0.1, 0.15) is 10.5 Å². The molecule has 0 aliphatic carbocycles. The lowest BCUT2D eigenvalue weighted by atomic mass is 10.1. The van der Waals surface area contributed by atoms with Gasteiger partial charge in [-0.05, 0) is 10.8 Å². The van der Waals surface area contributed by atoms with Crippen LogP contribution in [-0.2, 0) is 0 Å². The molecule has 1 heterocycles. The highest BCUT2D eigenvalue weighted by Gasteiger charge is 2.10. The number of fused-ring (bicyclic) bond motifs is 1. The molecule has 88 valence electrons. The number of aromatic nitrogens is 1. The largest absolute Gasteiger partial charge is 0.364 e. The van der Waals surface area contributed by atoms with Crippen molar-refractivity contribution in [2.24, 2.45) is 5.73 Å². The summed E-state index contributed by atoms with van der Waals surface area (Å²) >= 11 is 1.43. The number of primary amides is 1. The minimum atomic E-state index is -0.488. The molecule has 0 radical (unpaired) electrons. The highest BCUT2D eigenvalue weighted by atomic mass is 32.1. The molecule has 0 aliphatic rings. The molecule has 0 saturated carbocycles. The number of hydrogen-bond acceptors (Lipinski definition) is 3. The molecule has 3 nitrogen and oxygen atoms in total. The van der Waals surface area contributed by atoms with Crippen LogP contribution in [0.5, 0.6) is 0 Å². The molecule has 0 aliphatic heterocycles. The van der Waals surface area contributed by atoms with Crippen LogP contribution in [0.25, 0.3) is 21.3 Å². The van der Waals surface area contributed by atoms with Crippen molar-refractivity contribution in [3.05, 3.63) is 53.5 Å². The standard InChI is InChI=1S/C14H10N2OS/c15-13(17)12-8-18-14(16-12)11-7-3-5-9-4-1-2-6-10(9)11/h1-8H,(H2,15,17). The van der Waals surface area contributed by atoms with Crippen molar-refractivity contribution >= 4 is 28.0 Å². The van der Waals surface area contributed by atoms with E-state index < -0.39 is 5.91 Å². The van der Waals surface area contributed by atoms with Gasteiger partial charge in [-0.1, -0.05) is 42.5 Å². The molecule has 0 atom stereocenters. The van der Waals surface area contributed by atoms with Crippen LogP contribution in [0.3, 0.4) is 0 Å². The summed E-state index contributed by atoms with van der Waals surface area (Å²) in [5, 5.41) is 4.80. The van der Waals surface area contributed by atoms with Crippen molar-refractivity contribution in [1.29, 1.82) is 0 Å². The predicted octanol–water partition coefficient (Wildman–Crippen LogP) is 3.06. The van der Waals surface area contributed by atoms with Crippen LogP contribution in [0, 0.1) is 0 Å². The van der Waals surface area contributed by atoms with Gasteiger partial charge in [-0.15, -0.1) is 11.3 Å². The first-order valence-electron chi connectivity index (χ1n) is 5.49. The molecular formula is C14H10N2OS. The number of benzene rings is 2. The Labute approximate surface area is 108 Å². The fourth-order valence-electron chi connectivity index (χ4n) is 1.92. The van der Waals surface area contributed by atoms with Crippen molar-refractivity contribution in [3.63, 3.8) is 0 Å². The molecule has 0 saturated heterocycles. The molecule has 3 rings (SSSR count). The third kappa shape index (κ3) is 1.76. The summed E-state index contributed by atoms with van der Waals surface area (Å²) in [5.74, 6) is -0.488. The summed E-state index contributed by atoms with van der Waals surface area (Å²) in [6.45, 7) is 0. The van der Waals surface area contributed by atoms with E-state index >= 15 is 0 Å². The van der Waals surface area contributed by atoms with Crippen LogP contribution in [0.2, 0.25) is 0 Å². The fraction of sp³-hybridized carbons (Fsp3) is 0. The van der Waals surface area contributed by atoms with Crippen LogP contribution in [0.15, 0.2) is 47.8 Å². The summed E-state index contributed by atoms with van der Waals surface area (Å²) in [6, 6.07) is 14.2. The summed E-state index contributed by atoms with van der Waals surface area (Å²) < 4.78 is 0. The number of nitrogens with zero attached hydrogens (tertiary/aromatic N) is 1. The zero-order valence-corrected chi connectivity index (χ0v) is 10.3. The van der Waals surface area contributed by atoms with Crippen LogP contribution in [0.4, 0.5) is 0 Å². The first-order chi connectivity index (χ1) is 8.75.